The summed E-state index contributed by atoms with van der Waals surface area (Å²) >= 11 is 0. The Balaban J connectivity index is 2.54. The molecule has 2 unspecified atom stereocenters. The van der Waals surface area contributed by atoms with Gasteiger partial charge in [-0.25, -0.2) is 0 Å². The van der Waals surface area contributed by atoms with E-state index in [4.69, 9.17) is 15.2 Å². The molecule has 1 rings (SSSR count). The molecule has 1 heterocycles. The molecule has 2 N–H and O–H groups in total. The van der Waals surface area contributed by atoms with E-state index in [1.807, 2.05) is 6.92 Å². The SMILES string of the molecule is COC(=O)C(C)(CN)CC1CCCCO1. The van der Waals surface area contributed by atoms with Gasteiger partial charge >= 0.3 is 5.97 Å². The minimum atomic E-state index is -0.600. The van der Waals surface area contributed by atoms with Crippen LogP contribution >= 0.6 is 0 Å². The zero-order chi connectivity index (χ0) is 11.3. The lowest BCUT2D eigenvalue weighted by Crippen LogP contribution is -2.41. The van der Waals surface area contributed by atoms with Crippen LogP contribution in [-0.2, 0) is 14.3 Å². The van der Waals surface area contributed by atoms with Gasteiger partial charge in [-0.3, -0.25) is 4.79 Å². The summed E-state index contributed by atoms with van der Waals surface area (Å²) in [7, 11) is 1.40. The molecule has 15 heavy (non-hydrogen) atoms. The average Bonchev–Trinajstić information content (AvgIpc) is 2.29. The number of nitrogens with two attached hydrogens (primary N) is 1. The molecule has 4 heteroatoms. The molecule has 0 bridgehead atoms. The maximum atomic E-state index is 11.6. The summed E-state index contributed by atoms with van der Waals surface area (Å²) in [5, 5.41) is 0. The molecule has 1 fully saturated rings. The van der Waals surface area contributed by atoms with E-state index < -0.39 is 5.41 Å². The summed E-state index contributed by atoms with van der Waals surface area (Å²) in [6.45, 7) is 2.95. The summed E-state index contributed by atoms with van der Waals surface area (Å²) in [6.07, 6.45) is 4.13. The highest BCUT2D eigenvalue weighted by atomic mass is 16.5. The molecule has 4 nitrogen and oxygen atoms in total. The molecule has 1 saturated heterocycles. The number of hydrogen-bond acceptors (Lipinski definition) is 4. The highest BCUT2D eigenvalue weighted by Gasteiger charge is 2.36. The van der Waals surface area contributed by atoms with Crippen LogP contribution < -0.4 is 5.73 Å². The third-order valence-corrected chi connectivity index (χ3v) is 3.08. The van der Waals surface area contributed by atoms with E-state index in [2.05, 4.69) is 0 Å². The smallest absolute Gasteiger partial charge is 0.312 e. The van der Waals surface area contributed by atoms with E-state index in [1.54, 1.807) is 0 Å². The first-order valence-electron chi connectivity index (χ1n) is 5.52. The first kappa shape index (κ1) is 12.5. The molecule has 0 aliphatic carbocycles. The van der Waals surface area contributed by atoms with Gasteiger partial charge in [-0.15, -0.1) is 0 Å². The number of carbonyl (C=O) groups is 1. The Kier molecular flexibility index (Phi) is 4.54. The third-order valence-electron chi connectivity index (χ3n) is 3.08. The van der Waals surface area contributed by atoms with Crippen LogP contribution in [0.4, 0.5) is 0 Å². The van der Waals surface area contributed by atoms with Gasteiger partial charge < -0.3 is 15.2 Å². The van der Waals surface area contributed by atoms with Crippen LogP contribution in [0.1, 0.15) is 32.6 Å². The first-order chi connectivity index (χ1) is 7.12. The van der Waals surface area contributed by atoms with Crippen LogP contribution in [-0.4, -0.2) is 32.3 Å². The number of rotatable bonds is 4. The second-order valence-electron chi connectivity index (χ2n) is 4.45. The maximum Gasteiger partial charge on any atom is 0.312 e. The zero-order valence-electron chi connectivity index (χ0n) is 9.62. The second kappa shape index (κ2) is 5.47. The van der Waals surface area contributed by atoms with Crippen molar-refractivity contribution in [1.82, 2.24) is 0 Å². The maximum absolute atomic E-state index is 11.6. The summed E-state index contributed by atoms with van der Waals surface area (Å²) in [4.78, 5) is 11.6. The first-order valence-corrected chi connectivity index (χ1v) is 5.52. The molecular weight excluding hydrogens is 194 g/mol. The van der Waals surface area contributed by atoms with Crippen LogP contribution in [0.15, 0.2) is 0 Å². The summed E-state index contributed by atoms with van der Waals surface area (Å²) in [6, 6.07) is 0. The highest BCUT2D eigenvalue weighted by Crippen LogP contribution is 2.28. The van der Waals surface area contributed by atoms with Gasteiger partial charge in [-0.2, -0.15) is 0 Å². The molecule has 1 aliphatic rings. The lowest BCUT2D eigenvalue weighted by atomic mass is 9.83. The molecule has 88 valence electrons. The Labute approximate surface area is 91.1 Å². The molecular formula is C11H21NO3. The van der Waals surface area contributed by atoms with Gasteiger partial charge in [-0.05, 0) is 32.6 Å². The van der Waals surface area contributed by atoms with E-state index in [9.17, 15) is 4.79 Å². The van der Waals surface area contributed by atoms with Crippen molar-refractivity contribution in [2.24, 2.45) is 11.1 Å². The topological polar surface area (TPSA) is 61.5 Å². The van der Waals surface area contributed by atoms with Crippen LogP contribution in [0, 0.1) is 5.41 Å². The largest absolute Gasteiger partial charge is 0.469 e. The Morgan fingerprint density at radius 2 is 2.33 bits per heavy atom. The van der Waals surface area contributed by atoms with E-state index in [1.165, 1.54) is 13.5 Å². The Hall–Kier alpha value is -0.610. The minimum Gasteiger partial charge on any atom is -0.469 e. The lowest BCUT2D eigenvalue weighted by molar-refractivity contribution is -0.154. The lowest BCUT2D eigenvalue weighted by Gasteiger charge is -2.31. The van der Waals surface area contributed by atoms with Crippen molar-refractivity contribution in [2.45, 2.75) is 38.7 Å². The molecule has 0 saturated carbocycles. The normalized spacial score (nSPS) is 25.7. The van der Waals surface area contributed by atoms with Gasteiger partial charge in [-0.1, -0.05) is 0 Å². The average molecular weight is 215 g/mol. The number of esters is 1. The van der Waals surface area contributed by atoms with Crippen molar-refractivity contribution in [3.8, 4) is 0 Å². The number of ether oxygens (including phenoxy) is 2. The molecule has 0 aromatic carbocycles. The zero-order valence-corrected chi connectivity index (χ0v) is 9.62. The van der Waals surface area contributed by atoms with Gasteiger partial charge in [0.25, 0.3) is 0 Å². The highest BCUT2D eigenvalue weighted by molar-refractivity contribution is 5.76. The minimum absolute atomic E-state index is 0.159. The van der Waals surface area contributed by atoms with Gasteiger partial charge in [0, 0.05) is 13.2 Å². The van der Waals surface area contributed by atoms with Crippen LogP contribution in [0.3, 0.4) is 0 Å². The second-order valence-corrected chi connectivity index (χ2v) is 4.45. The molecule has 1 aliphatic heterocycles. The van der Waals surface area contributed by atoms with Crippen molar-refractivity contribution >= 4 is 5.97 Å². The van der Waals surface area contributed by atoms with Crippen molar-refractivity contribution in [3.63, 3.8) is 0 Å². The number of carbonyl (C=O) groups excluding carboxylic acids is 1. The van der Waals surface area contributed by atoms with Crippen molar-refractivity contribution in [3.05, 3.63) is 0 Å². The standard InChI is InChI=1S/C11H21NO3/c1-11(8-12,10(13)14-2)7-9-5-3-4-6-15-9/h9H,3-8,12H2,1-2H3. The molecule has 0 amide bonds. The van der Waals surface area contributed by atoms with Crippen LogP contribution in [0.2, 0.25) is 0 Å². The predicted molar refractivity (Wildman–Crippen MR) is 57.4 cm³/mol. The van der Waals surface area contributed by atoms with Crippen molar-refractivity contribution < 1.29 is 14.3 Å². The van der Waals surface area contributed by atoms with Gasteiger partial charge in [0.15, 0.2) is 0 Å². The van der Waals surface area contributed by atoms with Gasteiger partial charge in [0.05, 0.1) is 18.6 Å². The number of methoxy groups -OCH3 is 1. The fourth-order valence-corrected chi connectivity index (χ4v) is 1.97. The van der Waals surface area contributed by atoms with Crippen LogP contribution in [0.25, 0.3) is 0 Å². The predicted octanol–water partition coefficient (Wildman–Crippen LogP) is 1.08. The molecule has 0 aromatic rings. The van der Waals surface area contributed by atoms with Crippen molar-refractivity contribution in [2.75, 3.05) is 20.3 Å². The third kappa shape index (κ3) is 3.18. The fraction of sp³-hybridized carbons (Fsp3) is 0.909. The van der Waals surface area contributed by atoms with Gasteiger partial charge in [0.1, 0.15) is 0 Å². The summed E-state index contributed by atoms with van der Waals surface area (Å²) < 4.78 is 10.4. The molecule has 0 radical (unpaired) electrons. The Morgan fingerprint density at radius 1 is 1.60 bits per heavy atom. The van der Waals surface area contributed by atoms with Crippen LogP contribution in [0.5, 0.6) is 0 Å². The molecule has 2 atom stereocenters. The van der Waals surface area contributed by atoms with E-state index in [-0.39, 0.29) is 12.1 Å². The Morgan fingerprint density at radius 3 is 2.80 bits per heavy atom. The van der Waals surface area contributed by atoms with E-state index in [0.29, 0.717) is 13.0 Å². The fourth-order valence-electron chi connectivity index (χ4n) is 1.97. The van der Waals surface area contributed by atoms with Gasteiger partial charge in [0.2, 0.25) is 0 Å². The van der Waals surface area contributed by atoms with E-state index in [0.717, 1.165) is 19.4 Å². The summed E-state index contributed by atoms with van der Waals surface area (Å²) in [5.41, 5.74) is 5.04. The Bertz CT molecular complexity index is 214. The monoisotopic (exact) mass is 215 g/mol. The quantitative estimate of drug-likeness (QED) is 0.713. The number of hydrogen-bond donors (Lipinski definition) is 1. The molecule has 0 aromatic heterocycles. The van der Waals surface area contributed by atoms with E-state index >= 15 is 0 Å². The van der Waals surface area contributed by atoms with Crippen molar-refractivity contribution in [1.29, 1.82) is 0 Å². The molecule has 0 spiro atoms. The summed E-state index contributed by atoms with van der Waals surface area (Å²) in [5.74, 6) is -0.237.